The second-order valence-electron chi connectivity index (χ2n) is 6.66. The minimum absolute atomic E-state index is 0.0661. The summed E-state index contributed by atoms with van der Waals surface area (Å²) in [6.45, 7) is 4.28. The molecule has 0 aromatic heterocycles. The van der Waals surface area contributed by atoms with Gasteiger partial charge in [-0.15, -0.1) is 0 Å². The number of carbonyl (C=O) groups is 2. The van der Waals surface area contributed by atoms with Gasteiger partial charge in [0.1, 0.15) is 23.9 Å². The van der Waals surface area contributed by atoms with Crippen LogP contribution in [0.4, 0.5) is 4.39 Å². The first-order valence-corrected chi connectivity index (χ1v) is 9.35. The second kappa shape index (κ2) is 9.37. The number of hydrogen-bond donors (Lipinski definition) is 1. The molecule has 0 bridgehead atoms. The van der Waals surface area contributed by atoms with E-state index in [2.05, 4.69) is 6.58 Å². The molecule has 0 aliphatic carbocycles. The molecule has 1 amide bonds. The molecule has 1 fully saturated rings. The average molecular weight is 411 g/mol. The van der Waals surface area contributed by atoms with Crippen molar-refractivity contribution in [2.75, 3.05) is 26.9 Å². The number of likely N-dealkylation sites (tertiary alicyclic amines) is 1. The first-order chi connectivity index (χ1) is 14.5. The van der Waals surface area contributed by atoms with Crippen molar-refractivity contribution in [3.63, 3.8) is 0 Å². The largest absolute Gasteiger partial charge is 0.507 e. The summed E-state index contributed by atoms with van der Waals surface area (Å²) < 4.78 is 23.9. The summed E-state index contributed by atoms with van der Waals surface area (Å²) in [6, 6.07) is 11.2. The molecule has 1 saturated heterocycles. The van der Waals surface area contributed by atoms with Gasteiger partial charge in [0.05, 0.1) is 18.2 Å². The van der Waals surface area contributed by atoms with Gasteiger partial charge in [0, 0.05) is 19.2 Å². The number of benzene rings is 2. The van der Waals surface area contributed by atoms with Crippen LogP contribution in [0.1, 0.15) is 17.2 Å². The Kier molecular flexibility index (Phi) is 6.64. The number of amides is 1. The highest BCUT2D eigenvalue weighted by molar-refractivity contribution is 6.46. The summed E-state index contributed by atoms with van der Waals surface area (Å²) in [4.78, 5) is 26.9. The Labute approximate surface area is 173 Å². The Bertz CT molecular complexity index is 983. The van der Waals surface area contributed by atoms with E-state index in [-0.39, 0.29) is 30.0 Å². The third-order valence-corrected chi connectivity index (χ3v) is 4.74. The Hall–Kier alpha value is -3.45. The van der Waals surface area contributed by atoms with Crippen LogP contribution < -0.4 is 4.74 Å². The number of carbonyl (C=O) groups excluding carboxylic acids is 2. The van der Waals surface area contributed by atoms with Gasteiger partial charge in [-0.05, 0) is 42.0 Å². The minimum Gasteiger partial charge on any atom is -0.507 e. The Morgan fingerprint density at radius 1 is 1.23 bits per heavy atom. The number of methoxy groups -OCH3 is 1. The zero-order chi connectivity index (χ0) is 21.7. The number of Topliss-reactive ketones (excluding diaryl/α,β-unsaturated/α-hetero) is 1. The van der Waals surface area contributed by atoms with Crippen molar-refractivity contribution in [2.24, 2.45) is 0 Å². The van der Waals surface area contributed by atoms with Crippen LogP contribution in [-0.4, -0.2) is 48.6 Å². The molecule has 7 heteroatoms. The number of halogens is 1. The number of aliphatic hydroxyl groups is 1. The van der Waals surface area contributed by atoms with Crippen LogP contribution in [0, 0.1) is 5.82 Å². The van der Waals surface area contributed by atoms with Crippen molar-refractivity contribution in [1.82, 2.24) is 4.90 Å². The Morgan fingerprint density at radius 3 is 2.63 bits per heavy atom. The summed E-state index contributed by atoms with van der Waals surface area (Å²) >= 11 is 0. The number of aliphatic hydroxyl groups excluding tert-OH is 1. The van der Waals surface area contributed by atoms with Gasteiger partial charge in [0.15, 0.2) is 0 Å². The van der Waals surface area contributed by atoms with Crippen LogP contribution in [0.3, 0.4) is 0 Å². The number of ether oxygens (including phenoxy) is 2. The van der Waals surface area contributed by atoms with Gasteiger partial charge in [-0.2, -0.15) is 0 Å². The molecule has 1 N–H and O–H groups in total. The normalized spacial score (nSPS) is 17.9. The standard InChI is InChI=1S/C23H22FNO5/c1-3-12-30-18-6-4-5-16(14-18)20-19(21(26)15-7-9-17(24)10-8-15)22(27)23(28)25(20)11-13-29-2/h3-10,14,20,26H,1,11-13H2,2H3/b21-19-. The number of rotatable bonds is 8. The first kappa shape index (κ1) is 21.3. The molecule has 2 aromatic carbocycles. The quantitative estimate of drug-likeness (QED) is 0.312. The van der Waals surface area contributed by atoms with Crippen molar-refractivity contribution in [3.8, 4) is 5.75 Å². The molecule has 156 valence electrons. The molecule has 0 saturated carbocycles. The van der Waals surface area contributed by atoms with Gasteiger partial charge in [-0.1, -0.05) is 24.8 Å². The van der Waals surface area contributed by atoms with E-state index < -0.39 is 23.5 Å². The minimum atomic E-state index is -0.836. The van der Waals surface area contributed by atoms with Crippen molar-refractivity contribution in [2.45, 2.75) is 6.04 Å². The van der Waals surface area contributed by atoms with Gasteiger partial charge in [-0.3, -0.25) is 9.59 Å². The second-order valence-corrected chi connectivity index (χ2v) is 6.66. The number of ketones is 1. The number of hydrogen-bond acceptors (Lipinski definition) is 5. The van der Waals surface area contributed by atoms with Gasteiger partial charge >= 0.3 is 0 Å². The van der Waals surface area contributed by atoms with Crippen LogP contribution >= 0.6 is 0 Å². The first-order valence-electron chi connectivity index (χ1n) is 9.35. The molecule has 30 heavy (non-hydrogen) atoms. The summed E-state index contributed by atoms with van der Waals surface area (Å²) in [5.74, 6) is -1.86. The summed E-state index contributed by atoms with van der Waals surface area (Å²) in [5.41, 5.74) is 0.768. The molecule has 3 rings (SSSR count). The van der Waals surface area contributed by atoms with E-state index in [9.17, 15) is 19.1 Å². The molecule has 0 spiro atoms. The van der Waals surface area contributed by atoms with E-state index in [0.29, 0.717) is 17.9 Å². The average Bonchev–Trinajstić information content (AvgIpc) is 3.01. The predicted octanol–water partition coefficient (Wildman–Crippen LogP) is 3.46. The summed E-state index contributed by atoms with van der Waals surface area (Å²) in [6.07, 6.45) is 1.60. The van der Waals surface area contributed by atoms with E-state index in [1.165, 1.54) is 36.3 Å². The maximum Gasteiger partial charge on any atom is 0.295 e. The van der Waals surface area contributed by atoms with Crippen LogP contribution in [0.5, 0.6) is 5.75 Å². The third-order valence-electron chi connectivity index (χ3n) is 4.74. The maximum absolute atomic E-state index is 13.3. The molecule has 1 heterocycles. The number of nitrogens with zero attached hydrogens (tertiary/aromatic N) is 1. The molecule has 1 atom stereocenters. The fourth-order valence-electron chi connectivity index (χ4n) is 3.34. The van der Waals surface area contributed by atoms with Crippen LogP contribution in [-0.2, 0) is 14.3 Å². The van der Waals surface area contributed by atoms with Crippen molar-refractivity contribution >= 4 is 17.4 Å². The lowest BCUT2D eigenvalue weighted by molar-refractivity contribution is -0.140. The van der Waals surface area contributed by atoms with E-state index in [1.54, 1.807) is 30.3 Å². The van der Waals surface area contributed by atoms with E-state index in [4.69, 9.17) is 9.47 Å². The lowest BCUT2D eigenvalue weighted by atomic mass is 9.95. The maximum atomic E-state index is 13.3. The molecule has 1 aliphatic rings. The van der Waals surface area contributed by atoms with Crippen molar-refractivity contribution in [3.05, 3.63) is 83.7 Å². The summed E-state index contributed by atoms with van der Waals surface area (Å²) in [5, 5.41) is 10.9. The lowest BCUT2D eigenvalue weighted by Gasteiger charge is -2.25. The van der Waals surface area contributed by atoms with Gasteiger partial charge in [0.2, 0.25) is 0 Å². The van der Waals surface area contributed by atoms with E-state index >= 15 is 0 Å². The van der Waals surface area contributed by atoms with Gasteiger partial charge in [0.25, 0.3) is 11.7 Å². The lowest BCUT2D eigenvalue weighted by Crippen LogP contribution is -2.32. The van der Waals surface area contributed by atoms with E-state index in [1.807, 2.05) is 0 Å². The molecular weight excluding hydrogens is 389 g/mol. The van der Waals surface area contributed by atoms with Crippen LogP contribution in [0.25, 0.3) is 5.76 Å². The zero-order valence-corrected chi connectivity index (χ0v) is 16.5. The molecule has 6 nitrogen and oxygen atoms in total. The molecule has 1 aliphatic heterocycles. The zero-order valence-electron chi connectivity index (χ0n) is 16.5. The van der Waals surface area contributed by atoms with Crippen molar-refractivity contribution in [1.29, 1.82) is 0 Å². The van der Waals surface area contributed by atoms with E-state index in [0.717, 1.165) is 0 Å². The molecule has 1 unspecified atom stereocenters. The highest BCUT2D eigenvalue weighted by Gasteiger charge is 2.45. The Morgan fingerprint density at radius 2 is 1.97 bits per heavy atom. The van der Waals surface area contributed by atoms with Crippen LogP contribution in [0.15, 0.2) is 66.8 Å². The topological polar surface area (TPSA) is 76.1 Å². The van der Waals surface area contributed by atoms with Gasteiger partial charge < -0.3 is 19.5 Å². The van der Waals surface area contributed by atoms with Crippen LogP contribution in [0.2, 0.25) is 0 Å². The monoisotopic (exact) mass is 411 g/mol. The smallest absolute Gasteiger partial charge is 0.295 e. The summed E-state index contributed by atoms with van der Waals surface area (Å²) in [7, 11) is 1.49. The van der Waals surface area contributed by atoms with Crippen molar-refractivity contribution < 1.29 is 28.6 Å². The predicted molar refractivity (Wildman–Crippen MR) is 109 cm³/mol. The highest BCUT2D eigenvalue weighted by atomic mass is 19.1. The molecular formula is C23H22FNO5. The third kappa shape index (κ3) is 4.26. The fourth-order valence-corrected chi connectivity index (χ4v) is 3.34. The highest BCUT2D eigenvalue weighted by Crippen LogP contribution is 2.40. The van der Waals surface area contributed by atoms with Gasteiger partial charge in [-0.25, -0.2) is 4.39 Å². The SMILES string of the molecule is C=CCOc1cccc(C2/C(=C(/O)c3ccc(F)cc3)C(=O)C(=O)N2CCOC)c1. The molecule has 0 radical (unpaired) electrons. The fraction of sp³-hybridized carbons (Fsp3) is 0.217. The Balaban J connectivity index is 2.12. The molecule has 2 aromatic rings.